The van der Waals surface area contributed by atoms with Crippen molar-refractivity contribution in [2.75, 3.05) is 25.1 Å². The summed E-state index contributed by atoms with van der Waals surface area (Å²) in [5.41, 5.74) is 0.508. The first kappa shape index (κ1) is 17.5. The Kier molecular flexibility index (Phi) is 7.78. The van der Waals surface area contributed by atoms with Gasteiger partial charge in [-0.25, -0.2) is 9.59 Å². The SMILES string of the molecule is CCCCOCCNC(=O)Nc1cc(Br)cc(C(=O)O)c1. The summed E-state index contributed by atoms with van der Waals surface area (Å²) in [4.78, 5) is 22.6. The number of carboxylic acids is 1. The lowest BCUT2D eigenvalue weighted by Gasteiger charge is -2.09. The summed E-state index contributed by atoms with van der Waals surface area (Å²) in [5.74, 6) is -1.05. The van der Waals surface area contributed by atoms with Gasteiger partial charge in [0.1, 0.15) is 0 Å². The molecule has 0 saturated carbocycles. The van der Waals surface area contributed by atoms with Crippen LogP contribution < -0.4 is 10.6 Å². The van der Waals surface area contributed by atoms with E-state index in [1.165, 1.54) is 12.1 Å². The Bertz CT molecular complexity index is 494. The highest BCUT2D eigenvalue weighted by molar-refractivity contribution is 9.10. The van der Waals surface area contributed by atoms with E-state index in [2.05, 4.69) is 33.5 Å². The van der Waals surface area contributed by atoms with Gasteiger partial charge in [0.25, 0.3) is 0 Å². The average molecular weight is 359 g/mol. The lowest BCUT2D eigenvalue weighted by atomic mass is 10.2. The number of hydrogen-bond acceptors (Lipinski definition) is 3. The number of unbranched alkanes of at least 4 members (excludes halogenated alkanes) is 1. The number of aromatic carboxylic acids is 1. The molecule has 7 heteroatoms. The molecule has 0 aliphatic carbocycles. The fourth-order valence-electron chi connectivity index (χ4n) is 1.55. The first-order valence-corrected chi connectivity index (χ1v) is 7.48. The number of urea groups is 1. The van der Waals surface area contributed by atoms with Crippen molar-refractivity contribution in [1.29, 1.82) is 0 Å². The van der Waals surface area contributed by atoms with Gasteiger partial charge in [-0.15, -0.1) is 0 Å². The van der Waals surface area contributed by atoms with E-state index in [0.29, 0.717) is 29.9 Å². The van der Waals surface area contributed by atoms with Gasteiger partial charge < -0.3 is 20.5 Å². The first-order chi connectivity index (χ1) is 10.0. The molecular weight excluding hydrogens is 340 g/mol. The zero-order valence-electron chi connectivity index (χ0n) is 11.8. The molecule has 0 radical (unpaired) electrons. The third-order valence-corrected chi connectivity index (χ3v) is 3.03. The van der Waals surface area contributed by atoms with E-state index in [-0.39, 0.29) is 5.56 Å². The van der Waals surface area contributed by atoms with Crippen LogP contribution in [0.1, 0.15) is 30.1 Å². The summed E-state index contributed by atoms with van der Waals surface area (Å²) in [7, 11) is 0. The lowest BCUT2D eigenvalue weighted by molar-refractivity contribution is 0.0697. The van der Waals surface area contributed by atoms with E-state index in [0.717, 1.165) is 12.8 Å². The molecule has 0 unspecified atom stereocenters. The topological polar surface area (TPSA) is 87.7 Å². The van der Waals surface area contributed by atoms with E-state index >= 15 is 0 Å². The zero-order chi connectivity index (χ0) is 15.7. The Labute approximate surface area is 132 Å². The van der Waals surface area contributed by atoms with Crippen molar-refractivity contribution in [2.45, 2.75) is 19.8 Å². The molecule has 116 valence electrons. The maximum atomic E-state index is 11.7. The minimum absolute atomic E-state index is 0.0996. The van der Waals surface area contributed by atoms with E-state index in [1.54, 1.807) is 6.07 Å². The van der Waals surface area contributed by atoms with Crippen LogP contribution >= 0.6 is 15.9 Å². The number of ether oxygens (including phenoxy) is 1. The minimum Gasteiger partial charge on any atom is -0.478 e. The van der Waals surface area contributed by atoms with Crippen LogP contribution in [-0.2, 0) is 4.74 Å². The molecule has 2 amide bonds. The third-order valence-electron chi connectivity index (χ3n) is 2.58. The Balaban J connectivity index is 2.39. The van der Waals surface area contributed by atoms with Crippen molar-refractivity contribution in [3.8, 4) is 0 Å². The molecule has 1 aromatic rings. The number of halogens is 1. The second-order valence-electron chi connectivity index (χ2n) is 4.38. The van der Waals surface area contributed by atoms with Gasteiger partial charge in [0, 0.05) is 23.3 Å². The molecule has 1 aromatic carbocycles. The van der Waals surface area contributed by atoms with E-state index in [1.807, 2.05) is 0 Å². The quantitative estimate of drug-likeness (QED) is 0.623. The number of nitrogens with one attached hydrogen (secondary N) is 2. The van der Waals surface area contributed by atoms with Gasteiger partial charge >= 0.3 is 12.0 Å². The van der Waals surface area contributed by atoms with Crippen molar-refractivity contribution in [3.63, 3.8) is 0 Å². The van der Waals surface area contributed by atoms with Crippen LogP contribution in [0, 0.1) is 0 Å². The monoisotopic (exact) mass is 358 g/mol. The van der Waals surface area contributed by atoms with Gasteiger partial charge in [-0.05, 0) is 24.6 Å². The highest BCUT2D eigenvalue weighted by Gasteiger charge is 2.08. The number of hydrogen-bond donors (Lipinski definition) is 3. The minimum atomic E-state index is -1.05. The van der Waals surface area contributed by atoms with Crippen LogP contribution in [-0.4, -0.2) is 36.9 Å². The maximum Gasteiger partial charge on any atom is 0.335 e. The van der Waals surface area contributed by atoms with E-state index < -0.39 is 12.0 Å². The van der Waals surface area contributed by atoms with Crippen LogP contribution in [0.2, 0.25) is 0 Å². The predicted octanol–water partition coefficient (Wildman–Crippen LogP) is 3.09. The summed E-state index contributed by atoms with van der Waals surface area (Å²) in [5, 5.41) is 14.2. The van der Waals surface area contributed by atoms with Gasteiger partial charge in [0.2, 0.25) is 0 Å². The molecule has 0 aromatic heterocycles. The highest BCUT2D eigenvalue weighted by Crippen LogP contribution is 2.19. The Morgan fingerprint density at radius 2 is 2.05 bits per heavy atom. The number of carbonyl (C=O) groups is 2. The molecule has 0 bridgehead atoms. The molecule has 0 spiro atoms. The molecule has 6 nitrogen and oxygen atoms in total. The van der Waals surface area contributed by atoms with Crippen molar-refractivity contribution in [2.24, 2.45) is 0 Å². The maximum absolute atomic E-state index is 11.7. The molecule has 0 aliphatic rings. The Hall–Kier alpha value is -1.60. The number of anilines is 1. The van der Waals surface area contributed by atoms with Crippen molar-refractivity contribution >= 4 is 33.6 Å². The standard InChI is InChI=1S/C14H19BrN2O4/c1-2-3-5-21-6-4-16-14(20)17-12-8-10(13(18)19)7-11(15)9-12/h7-9H,2-6H2,1H3,(H,18,19)(H2,16,17,20). The second kappa shape index (κ2) is 9.36. The van der Waals surface area contributed by atoms with Crippen molar-refractivity contribution in [1.82, 2.24) is 5.32 Å². The summed E-state index contributed by atoms with van der Waals surface area (Å²) in [6.45, 7) is 3.62. The summed E-state index contributed by atoms with van der Waals surface area (Å²) in [6, 6.07) is 4.09. The smallest absolute Gasteiger partial charge is 0.335 e. The first-order valence-electron chi connectivity index (χ1n) is 6.69. The van der Waals surface area contributed by atoms with Gasteiger partial charge in [0.15, 0.2) is 0 Å². The highest BCUT2D eigenvalue weighted by atomic mass is 79.9. The molecule has 0 fully saturated rings. The number of carbonyl (C=O) groups excluding carboxylic acids is 1. The summed E-state index contributed by atoms with van der Waals surface area (Å²) in [6.07, 6.45) is 2.07. The number of amides is 2. The van der Waals surface area contributed by atoms with Crippen molar-refractivity contribution < 1.29 is 19.4 Å². The lowest BCUT2D eigenvalue weighted by Crippen LogP contribution is -2.31. The third kappa shape index (κ3) is 7.10. The molecular formula is C14H19BrN2O4. The van der Waals surface area contributed by atoms with Gasteiger partial charge in [0.05, 0.1) is 12.2 Å². The number of carboxylic acid groups (broad SMARTS) is 1. The van der Waals surface area contributed by atoms with Crippen molar-refractivity contribution in [3.05, 3.63) is 28.2 Å². The van der Waals surface area contributed by atoms with Crippen LogP contribution in [0.4, 0.5) is 10.5 Å². The predicted molar refractivity (Wildman–Crippen MR) is 83.8 cm³/mol. The molecule has 3 N–H and O–H groups in total. The second-order valence-corrected chi connectivity index (χ2v) is 5.30. The van der Waals surface area contributed by atoms with Gasteiger partial charge in [-0.2, -0.15) is 0 Å². The fourth-order valence-corrected chi connectivity index (χ4v) is 2.04. The van der Waals surface area contributed by atoms with E-state index in [4.69, 9.17) is 9.84 Å². The molecule has 0 atom stereocenters. The van der Waals surface area contributed by atoms with E-state index in [9.17, 15) is 9.59 Å². The number of rotatable bonds is 8. The summed E-state index contributed by atoms with van der Waals surface area (Å²) < 4.78 is 5.90. The van der Waals surface area contributed by atoms with Crippen LogP contribution in [0.15, 0.2) is 22.7 Å². The molecule has 21 heavy (non-hydrogen) atoms. The van der Waals surface area contributed by atoms with Crippen LogP contribution in [0.25, 0.3) is 0 Å². The fraction of sp³-hybridized carbons (Fsp3) is 0.429. The van der Waals surface area contributed by atoms with Crippen LogP contribution in [0.3, 0.4) is 0 Å². The van der Waals surface area contributed by atoms with Gasteiger partial charge in [-0.3, -0.25) is 0 Å². The average Bonchev–Trinajstić information content (AvgIpc) is 2.42. The molecule has 0 heterocycles. The molecule has 1 rings (SSSR count). The largest absolute Gasteiger partial charge is 0.478 e. The Morgan fingerprint density at radius 3 is 2.71 bits per heavy atom. The van der Waals surface area contributed by atoms with Gasteiger partial charge in [-0.1, -0.05) is 29.3 Å². The molecule has 0 aliphatic heterocycles. The van der Waals surface area contributed by atoms with Crippen LogP contribution in [0.5, 0.6) is 0 Å². The summed E-state index contributed by atoms with van der Waals surface area (Å²) >= 11 is 3.20. The Morgan fingerprint density at radius 1 is 1.29 bits per heavy atom. The molecule has 0 saturated heterocycles. The zero-order valence-corrected chi connectivity index (χ0v) is 13.4. The normalized spacial score (nSPS) is 10.2. The number of benzene rings is 1.